The van der Waals surface area contributed by atoms with Crippen LogP contribution in [0.15, 0.2) is 36.4 Å². The molecule has 108 valence electrons. The summed E-state index contributed by atoms with van der Waals surface area (Å²) in [5.74, 6) is -0.0721. The topological polar surface area (TPSA) is 46.5 Å². The largest absolute Gasteiger partial charge is 0.497 e. The van der Waals surface area contributed by atoms with Gasteiger partial charge in [0.15, 0.2) is 0 Å². The van der Waals surface area contributed by atoms with Crippen molar-refractivity contribution in [2.24, 2.45) is 0 Å². The molecule has 0 fully saturated rings. The van der Waals surface area contributed by atoms with E-state index in [9.17, 15) is 4.79 Å². The summed E-state index contributed by atoms with van der Waals surface area (Å²) in [5, 5.41) is 9.14. The summed E-state index contributed by atoms with van der Waals surface area (Å²) in [5.41, 5.74) is 4.20. The van der Waals surface area contributed by atoms with E-state index in [2.05, 4.69) is 0 Å². The van der Waals surface area contributed by atoms with Gasteiger partial charge >= 0.3 is 5.97 Å². The minimum atomic E-state index is -0.900. The van der Waals surface area contributed by atoms with Gasteiger partial charge in [-0.25, -0.2) is 4.79 Å². The normalized spacial score (nSPS) is 10.8. The van der Waals surface area contributed by atoms with Gasteiger partial charge < -0.3 is 9.84 Å². The highest BCUT2D eigenvalue weighted by atomic mass is 16.5. The Hall–Kier alpha value is -2.55. The van der Waals surface area contributed by atoms with Gasteiger partial charge in [-0.05, 0) is 54.3 Å². The summed E-state index contributed by atoms with van der Waals surface area (Å²) in [6, 6.07) is 11.2. The van der Waals surface area contributed by atoms with Gasteiger partial charge in [-0.15, -0.1) is 0 Å². The molecular weight excluding hydrogens is 264 g/mol. The summed E-state index contributed by atoms with van der Waals surface area (Å²) in [6.45, 7) is 3.84. The van der Waals surface area contributed by atoms with E-state index in [1.807, 2.05) is 50.3 Å². The number of ether oxygens (including phenoxy) is 1. The molecule has 0 aliphatic heterocycles. The van der Waals surface area contributed by atoms with Crippen LogP contribution in [0.3, 0.4) is 0 Å². The molecule has 21 heavy (non-hydrogen) atoms. The predicted molar refractivity (Wildman–Crippen MR) is 84.8 cm³/mol. The van der Waals surface area contributed by atoms with Crippen molar-refractivity contribution in [3.63, 3.8) is 0 Å². The van der Waals surface area contributed by atoms with Crippen LogP contribution in [0.4, 0.5) is 0 Å². The van der Waals surface area contributed by atoms with E-state index in [1.54, 1.807) is 19.2 Å². The maximum atomic E-state index is 11.1. The maximum absolute atomic E-state index is 11.1. The molecule has 0 spiro atoms. The van der Waals surface area contributed by atoms with E-state index in [4.69, 9.17) is 9.84 Å². The Balaban J connectivity index is 2.34. The van der Waals surface area contributed by atoms with E-state index >= 15 is 0 Å². The van der Waals surface area contributed by atoms with Crippen molar-refractivity contribution in [3.05, 3.63) is 64.2 Å². The van der Waals surface area contributed by atoms with Crippen molar-refractivity contribution in [2.75, 3.05) is 7.11 Å². The quantitative estimate of drug-likeness (QED) is 0.856. The van der Waals surface area contributed by atoms with Gasteiger partial charge in [0.25, 0.3) is 0 Å². The first-order valence-corrected chi connectivity index (χ1v) is 6.68. The van der Waals surface area contributed by atoms with Crippen molar-refractivity contribution in [1.82, 2.24) is 0 Å². The zero-order chi connectivity index (χ0) is 15.4. The Morgan fingerprint density at radius 3 is 2.43 bits per heavy atom. The summed E-state index contributed by atoms with van der Waals surface area (Å²) in [7, 11) is 1.64. The Labute approximate surface area is 124 Å². The number of rotatable bonds is 4. The number of carbonyl (C=O) groups is 1. The Morgan fingerprint density at radius 1 is 1.10 bits per heavy atom. The number of hydrogen-bond acceptors (Lipinski definition) is 2. The van der Waals surface area contributed by atoms with Crippen molar-refractivity contribution < 1.29 is 14.6 Å². The van der Waals surface area contributed by atoms with E-state index in [0.29, 0.717) is 5.56 Å². The Kier molecular flexibility index (Phi) is 4.43. The summed E-state index contributed by atoms with van der Waals surface area (Å²) < 4.78 is 5.18. The number of aryl methyl sites for hydroxylation is 1. The Bertz CT molecular complexity index is 700. The zero-order valence-electron chi connectivity index (χ0n) is 12.4. The van der Waals surface area contributed by atoms with Gasteiger partial charge in [-0.1, -0.05) is 30.4 Å². The van der Waals surface area contributed by atoms with E-state index in [0.717, 1.165) is 28.0 Å². The standard InChI is InChI=1S/C18H18O3/c1-12-11-16(21-3)10-9-14(12)7-8-15-5-4-6-17(13(15)2)18(19)20/h4-11H,1-3H3,(H,19,20)/b8-7+. The second-order valence-corrected chi connectivity index (χ2v) is 4.88. The average Bonchev–Trinajstić information content (AvgIpc) is 2.46. The fourth-order valence-corrected chi connectivity index (χ4v) is 2.21. The first kappa shape index (κ1) is 14.9. The molecule has 0 amide bonds. The van der Waals surface area contributed by atoms with Crippen LogP contribution in [0, 0.1) is 13.8 Å². The number of benzene rings is 2. The molecule has 2 aromatic rings. The van der Waals surface area contributed by atoms with Crippen molar-refractivity contribution in [3.8, 4) is 5.75 Å². The molecule has 2 aromatic carbocycles. The maximum Gasteiger partial charge on any atom is 0.335 e. The van der Waals surface area contributed by atoms with Crippen LogP contribution in [0.2, 0.25) is 0 Å². The molecule has 0 saturated heterocycles. The van der Waals surface area contributed by atoms with Crippen molar-refractivity contribution >= 4 is 18.1 Å². The number of hydrogen-bond donors (Lipinski definition) is 1. The van der Waals surface area contributed by atoms with E-state index < -0.39 is 5.97 Å². The molecule has 0 saturated carbocycles. The molecule has 0 atom stereocenters. The first-order chi connectivity index (χ1) is 10.0. The lowest BCUT2D eigenvalue weighted by molar-refractivity contribution is 0.0696. The molecule has 0 radical (unpaired) electrons. The highest BCUT2D eigenvalue weighted by molar-refractivity contribution is 5.91. The molecular formula is C18H18O3. The van der Waals surface area contributed by atoms with Gasteiger partial charge in [-0.3, -0.25) is 0 Å². The number of methoxy groups -OCH3 is 1. The van der Waals surface area contributed by atoms with Gasteiger partial charge in [0.05, 0.1) is 12.7 Å². The highest BCUT2D eigenvalue weighted by Gasteiger charge is 2.08. The average molecular weight is 282 g/mol. The molecule has 1 N–H and O–H groups in total. The van der Waals surface area contributed by atoms with E-state index in [1.165, 1.54) is 0 Å². The minimum absolute atomic E-state index is 0.337. The minimum Gasteiger partial charge on any atom is -0.497 e. The number of carboxylic acid groups (broad SMARTS) is 1. The third-order valence-corrected chi connectivity index (χ3v) is 3.53. The molecule has 0 unspecified atom stereocenters. The fraction of sp³-hybridized carbons (Fsp3) is 0.167. The van der Waals surface area contributed by atoms with Crippen molar-refractivity contribution in [2.45, 2.75) is 13.8 Å². The summed E-state index contributed by atoms with van der Waals surface area (Å²) in [6.07, 6.45) is 3.93. The highest BCUT2D eigenvalue weighted by Crippen LogP contribution is 2.21. The SMILES string of the molecule is COc1ccc(/C=C/c2cccc(C(=O)O)c2C)c(C)c1. The van der Waals surface area contributed by atoms with Gasteiger partial charge in [0.2, 0.25) is 0 Å². The molecule has 0 aliphatic carbocycles. The van der Waals surface area contributed by atoms with Crippen LogP contribution < -0.4 is 4.74 Å². The van der Waals surface area contributed by atoms with Crippen LogP contribution in [-0.4, -0.2) is 18.2 Å². The van der Waals surface area contributed by atoms with Gasteiger partial charge in [-0.2, -0.15) is 0 Å². The molecule has 0 bridgehead atoms. The summed E-state index contributed by atoms with van der Waals surface area (Å²) >= 11 is 0. The molecule has 0 aliphatic rings. The zero-order valence-corrected chi connectivity index (χ0v) is 12.4. The molecule has 2 rings (SSSR count). The number of aromatic carboxylic acids is 1. The first-order valence-electron chi connectivity index (χ1n) is 6.68. The van der Waals surface area contributed by atoms with Gasteiger partial charge in [0, 0.05) is 0 Å². The third-order valence-electron chi connectivity index (χ3n) is 3.53. The molecule has 3 nitrogen and oxygen atoms in total. The third kappa shape index (κ3) is 3.31. The summed E-state index contributed by atoms with van der Waals surface area (Å²) in [4.78, 5) is 11.1. The second kappa shape index (κ2) is 6.27. The number of carboxylic acids is 1. The molecule has 3 heteroatoms. The second-order valence-electron chi connectivity index (χ2n) is 4.88. The lowest BCUT2D eigenvalue weighted by Crippen LogP contribution is -2.00. The monoisotopic (exact) mass is 282 g/mol. The lowest BCUT2D eigenvalue weighted by atomic mass is 10.0. The van der Waals surface area contributed by atoms with Crippen molar-refractivity contribution in [1.29, 1.82) is 0 Å². The molecule has 0 heterocycles. The van der Waals surface area contributed by atoms with Gasteiger partial charge in [0.1, 0.15) is 5.75 Å². The molecule has 0 aromatic heterocycles. The predicted octanol–water partition coefficient (Wildman–Crippen LogP) is 4.18. The van der Waals surface area contributed by atoms with Crippen LogP contribution in [0.5, 0.6) is 5.75 Å². The van der Waals surface area contributed by atoms with Crippen LogP contribution in [0.1, 0.15) is 32.6 Å². The smallest absolute Gasteiger partial charge is 0.335 e. The fourth-order valence-electron chi connectivity index (χ4n) is 2.21. The van der Waals surface area contributed by atoms with E-state index in [-0.39, 0.29) is 0 Å². The lowest BCUT2D eigenvalue weighted by Gasteiger charge is -2.06. The van der Waals surface area contributed by atoms with Crippen LogP contribution in [-0.2, 0) is 0 Å². The Morgan fingerprint density at radius 2 is 1.81 bits per heavy atom. The van der Waals surface area contributed by atoms with Crippen LogP contribution in [0.25, 0.3) is 12.2 Å². The van der Waals surface area contributed by atoms with Crippen LogP contribution >= 0.6 is 0 Å².